The molecular formula is C23H29ClN2O. The number of anilines is 1. The van der Waals surface area contributed by atoms with E-state index in [9.17, 15) is 0 Å². The van der Waals surface area contributed by atoms with Gasteiger partial charge in [0.25, 0.3) is 0 Å². The molecule has 27 heavy (non-hydrogen) atoms. The second-order valence-electron chi connectivity index (χ2n) is 7.61. The van der Waals surface area contributed by atoms with E-state index in [0.29, 0.717) is 0 Å². The lowest BCUT2D eigenvalue weighted by Crippen LogP contribution is -2.46. The SMILES string of the molecule is Clc1cccc(N2CCN(CCCCOc3cccc4c3CCC4)CC2)c1. The van der Waals surface area contributed by atoms with Crippen LogP contribution in [-0.2, 0) is 12.8 Å². The zero-order valence-corrected chi connectivity index (χ0v) is 16.8. The van der Waals surface area contributed by atoms with Crippen molar-refractivity contribution >= 4 is 17.3 Å². The van der Waals surface area contributed by atoms with Gasteiger partial charge >= 0.3 is 0 Å². The molecule has 0 spiro atoms. The number of nitrogens with zero attached hydrogens (tertiary/aromatic N) is 2. The maximum Gasteiger partial charge on any atom is 0.122 e. The zero-order chi connectivity index (χ0) is 18.5. The van der Waals surface area contributed by atoms with E-state index < -0.39 is 0 Å². The lowest BCUT2D eigenvalue weighted by Gasteiger charge is -2.36. The molecule has 1 heterocycles. The van der Waals surface area contributed by atoms with Crippen molar-refractivity contribution in [2.75, 3.05) is 44.2 Å². The van der Waals surface area contributed by atoms with Gasteiger partial charge in [0.1, 0.15) is 5.75 Å². The number of ether oxygens (including phenoxy) is 1. The summed E-state index contributed by atoms with van der Waals surface area (Å²) in [6.45, 7) is 6.40. The third kappa shape index (κ3) is 4.77. The highest BCUT2D eigenvalue weighted by atomic mass is 35.5. The van der Waals surface area contributed by atoms with Crippen molar-refractivity contribution in [2.24, 2.45) is 0 Å². The molecule has 3 nitrogen and oxygen atoms in total. The van der Waals surface area contributed by atoms with Crippen molar-refractivity contribution in [3.05, 3.63) is 58.6 Å². The zero-order valence-electron chi connectivity index (χ0n) is 16.0. The van der Waals surface area contributed by atoms with Crippen molar-refractivity contribution in [2.45, 2.75) is 32.1 Å². The van der Waals surface area contributed by atoms with Gasteiger partial charge in [0, 0.05) is 36.9 Å². The van der Waals surface area contributed by atoms with Crippen molar-refractivity contribution < 1.29 is 4.74 Å². The summed E-state index contributed by atoms with van der Waals surface area (Å²) in [5.41, 5.74) is 4.19. The van der Waals surface area contributed by atoms with Crippen LogP contribution in [0, 0.1) is 0 Å². The van der Waals surface area contributed by atoms with Crippen LogP contribution in [0.3, 0.4) is 0 Å². The first-order valence-electron chi connectivity index (χ1n) is 10.3. The third-order valence-electron chi connectivity index (χ3n) is 5.77. The van der Waals surface area contributed by atoms with Crippen LogP contribution in [0.5, 0.6) is 5.75 Å². The molecule has 1 aliphatic carbocycles. The Labute approximate surface area is 167 Å². The van der Waals surface area contributed by atoms with Crippen molar-refractivity contribution in [1.29, 1.82) is 0 Å². The van der Waals surface area contributed by atoms with E-state index in [-0.39, 0.29) is 0 Å². The standard InChI is InChI=1S/C23H29ClN2O/c24-20-8-5-9-21(18-20)26-15-13-25(14-16-26)12-1-2-17-27-23-11-4-7-19-6-3-10-22(19)23/h4-5,7-9,11,18H,1-3,6,10,12-17H2. The largest absolute Gasteiger partial charge is 0.493 e. The predicted octanol–water partition coefficient (Wildman–Crippen LogP) is 4.81. The quantitative estimate of drug-likeness (QED) is 0.637. The first kappa shape index (κ1) is 18.6. The average Bonchev–Trinajstić information content (AvgIpc) is 3.18. The fraction of sp³-hybridized carbons (Fsp3) is 0.478. The fourth-order valence-corrected chi connectivity index (χ4v) is 4.43. The van der Waals surface area contributed by atoms with E-state index in [0.717, 1.165) is 50.0 Å². The molecule has 1 aliphatic heterocycles. The molecule has 0 aromatic heterocycles. The minimum atomic E-state index is 0.819. The number of unbranched alkanes of at least 4 members (excludes halogenated alkanes) is 1. The molecule has 1 saturated heterocycles. The minimum absolute atomic E-state index is 0.819. The fourth-order valence-electron chi connectivity index (χ4n) is 4.24. The van der Waals surface area contributed by atoms with Crippen LogP contribution in [0.25, 0.3) is 0 Å². The highest BCUT2D eigenvalue weighted by Gasteiger charge is 2.17. The molecule has 0 saturated carbocycles. The summed E-state index contributed by atoms with van der Waals surface area (Å²) >= 11 is 6.12. The summed E-state index contributed by atoms with van der Waals surface area (Å²) in [5.74, 6) is 1.13. The van der Waals surface area contributed by atoms with Crippen molar-refractivity contribution in [1.82, 2.24) is 4.90 Å². The molecular weight excluding hydrogens is 356 g/mol. The summed E-state index contributed by atoms with van der Waals surface area (Å²) in [5, 5.41) is 0.819. The molecule has 0 N–H and O–H groups in total. The molecule has 0 unspecified atom stereocenters. The van der Waals surface area contributed by atoms with Crippen LogP contribution in [-0.4, -0.2) is 44.2 Å². The Bertz CT molecular complexity index is 756. The molecule has 144 valence electrons. The second-order valence-corrected chi connectivity index (χ2v) is 8.05. The van der Waals surface area contributed by atoms with Gasteiger partial charge in [-0.2, -0.15) is 0 Å². The molecule has 0 bridgehead atoms. The molecule has 0 amide bonds. The van der Waals surface area contributed by atoms with Gasteiger partial charge in [0.2, 0.25) is 0 Å². The smallest absolute Gasteiger partial charge is 0.122 e. The van der Waals surface area contributed by atoms with Crippen LogP contribution in [0.2, 0.25) is 5.02 Å². The summed E-state index contributed by atoms with van der Waals surface area (Å²) in [4.78, 5) is 5.00. The van der Waals surface area contributed by atoms with Crippen molar-refractivity contribution in [3.63, 3.8) is 0 Å². The van der Waals surface area contributed by atoms with Crippen molar-refractivity contribution in [3.8, 4) is 5.75 Å². The maximum absolute atomic E-state index is 6.12. The number of fused-ring (bicyclic) bond motifs is 1. The molecule has 0 atom stereocenters. The van der Waals surface area contributed by atoms with E-state index in [4.69, 9.17) is 16.3 Å². The highest BCUT2D eigenvalue weighted by Crippen LogP contribution is 2.30. The van der Waals surface area contributed by atoms with E-state index in [2.05, 4.69) is 40.1 Å². The Kier molecular flexibility index (Phi) is 6.21. The molecule has 0 radical (unpaired) electrons. The molecule has 2 aromatic rings. The Hall–Kier alpha value is -1.71. The summed E-state index contributed by atoms with van der Waals surface area (Å²) in [6, 6.07) is 14.7. The van der Waals surface area contributed by atoms with Gasteiger partial charge < -0.3 is 9.64 Å². The van der Waals surface area contributed by atoms with Gasteiger partial charge in [-0.25, -0.2) is 0 Å². The molecule has 4 heteroatoms. The van der Waals surface area contributed by atoms with Gasteiger partial charge in [-0.1, -0.05) is 29.8 Å². The van der Waals surface area contributed by atoms with Gasteiger partial charge in [-0.3, -0.25) is 4.90 Å². The monoisotopic (exact) mass is 384 g/mol. The topological polar surface area (TPSA) is 15.7 Å². The van der Waals surface area contributed by atoms with E-state index in [1.54, 1.807) is 0 Å². The summed E-state index contributed by atoms with van der Waals surface area (Å²) < 4.78 is 6.09. The van der Waals surface area contributed by atoms with Crippen LogP contribution in [0.4, 0.5) is 5.69 Å². The lowest BCUT2D eigenvalue weighted by molar-refractivity contribution is 0.238. The second kappa shape index (κ2) is 8.99. The van der Waals surface area contributed by atoms with Crippen LogP contribution >= 0.6 is 11.6 Å². The molecule has 2 aliphatic rings. The van der Waals surface area contributed by atoms with Crippen LogP contribution in [0.1, 0.15) is 30.4 Å². The van der Waals surface area contributed by atoms with E-state index in [1.807, 2.05) is 12.1 Å². The number of hydrogen-bond donors (Lipinski definition) is 0. The number of rotatable bonds is 7. The first-order valence-corrected chi connectivity index (χ1v) is 10.6. The minimum Gasteiger partial charge on any atom is -0.493 e. The normalized spacial score (nSPS) is 17.1. The third-order valence-corrected chi connectivity index (χ3v) is 6.01. The van der Waals surface area contributed by atoms with Crippen LogP contribution in [0.15, 0.2) is 42.5 Å². The van der Waals surface area contributed by atoms with Gasteiger partial charge in [0.15, 0.2) is 0 Å². The summed E-state index contributed by atoms with van der Waals surface area (Å²) in [7, 11) is 0. The Morgan fingerprint density at radius 2 is 1.78 bits per heavy atom. The number of benzene rings is 2. The Morgan fingerprint density at radius 1 is 0.926 bits per heavy atom. The van der Waals surface area contributed by atoms with E-state index in [1.165, 1.54) is 49.0 Å². The van der Waals surface area contributed by atoms with Gasteiger partial charge in [-0.15, -0.1) is 0 Å². The highest BCUT2D eigenvalue weighted by molar-refractivity contribution is 6.30. The van der Waals surface area contributed by atoms with Gasteiger partial charge in [0.05, 0.1) is 6.61 Å². The van der Waals surface area contributed by atoms with E-state index >= 15 is 0 Å². The molecule has 4 rings (SSSR count). The number of hydrogen-bond acceptors (Lipinski definition) is 3. The number of halogens is 1. The molecule has 2 aromatic carbocycles. The Balaban J connectivity index is 1.15. The lowest BCUT2D eigenvalue weighted by atomic mass is 10.1. The summed E-state index contributed by atoms with van der Waals surface area (Å²) in [6.07, 6.45) is 6.00. The predicted molar refractivity (Wildman–Crippen MR) is 113 cm³/mol. The number of aryl methyl sites for hydroxylation is 1. The maximum atomic E-state index is 6.12. The first-order chi connectivity index (χ1) is 13.3. The van der Waals surface area contributed by atoms with Crippen LogP contribution < -0.4 is 9.64 Å². The molecule has 1 fully saturated rings. The Morgan fingerprint density at radius 3 is 2.63 bits per heavy atom. The number of piperazine rings is 1. The van der Waals surface area contributed by atoms with Gasteiger partial charge in [-0.05, 0) is 74.0 Å². The average molecular weight is 385 g/mol.